The lowest BCUT2D eigenvalue weighted by Crippen LogP contribution is -2.35. The molecule has 0 aromatic heterocycles. The summed E-state index contributed by atoms with van der Waals surface area (Å²) < 4.78 is 0. The molecule has 0 aromatic carbocycles. The van der Waals surface area contributed by atoms with Gasteiger partial charge in [0.15, 0.2) is 0 Å². The SMILES string of the molecule is OCCN[C@H]1C[C@@H]2CC[C@@H]1C2. The van der Waals surface area contributed by atoms with E-state index in [4.69, 9.17) is 5.11 Å². The molecule has 2 N–H and O–H groups in total. The van der Waals surface area contributed by atoms with Gasteiger partial charge >= 0.3 is 0 Å². The quantitative estimate of drug-likeness (QED) is 0.630. The van der Waals surface area contributed by atoms with Crippen molar-refractivity contribution in [3.63, 3.8) is 0 Å². The van der Waals surface area contributed by atoms with Crippen LogP contribution in [-0.2, 0) is 0 Å². The lowest BCUT2D eigenvalue weighted by atomic mass is 9.95. The van der Waals surface area contributed by atoms with E-state index in [0.717, 1.165) is 24.4 Å². The zero-order valence-corrected chi connectivity index (χ0v) is 6.92. The Labute approximate surface area is 68.0 Å². The minimum absolute atomic E-state index is 0.286. The Morgan fingerprint density at radius 3 is 2.73 bits per heavy atom. The number of hydrogen-bond donors (Lipinski definition) is 2. The minimum atomic E-state index is 0.286. The van der Waals surface area contributed by atoms with Gasteiger partial charge in [-0.25, -0.2) is 0 Å². The van der Waals surface area contributed by atoms with Crippen molar-refractivity contribution >= 4 is 0 Å². The molecule has 0 heterocycles. The molecule has 0 saturated heterocycles. The van der Waals surface area contributed by atoms with E-state index in [1.165, 1.54) is 25.7 Å². The molecule has 2 nitrogen and oxygen atoms in total. The topological polar surface area (TPSA) is 32.3 Å². The van der Waals surface area contributed by atoms with Crippen LogP contribution < -0.4 is 5.32 Å². The van der Waals surface area contributed by atoms with Crippen molar-refractivity contribution in [3.05, 3.63) is 0 Å². The predicted molar refractivity (Wildman–Crippen MR) is 44.3 cm³/mol. The van der Waals surface area contributed by atoms with Crippen LogP contribution in [0.3, 0.4) is 0 Å². The molecule has 2 heteroatoms. The van der Waals surface area contributed by atoms with E-state index in [9.17, 15) is 0 Å². The maximum Gasteiger partial charge on any atom is 0.0556 e. The predicted octanol–water partition coefficient (Wildman–Crippen LogP) is 0.757. The van der Waals surface area contributed by atoms with E-state index in [-0.39, 0.29) is 6.61 Å². The fraction of sp³-hybridized carbons (Fsp3) is 1.00. The molecule has 0 aromatic rings. The molecule has 3 atom stereocenters. The molecule has 64 valence electrons. The zero-order valence-electron chi connectivity index (χ0n) is 6.92. The van der Waals surface area contributed by atoms with Crippen LogP contribution in [0.4, 0.5) is 0 Å². The van der Waals surface area contributed by atoms with E-state index >= 15 is 0 Å². The molecule has 2 bridgehead atoms. The summed E-state index contributed by atoms with van der Waals surface area (Å²) in [6.45, 7) is 1.07. The molecule has 2 rings (SSSR count). The summed E-state index contributed by atoms with van der Waals surface area (Å²) in [6, 6.07) is 0.737. The standard InChI is InChI=1S/C9H17NO/c11-4-3-10-9-6-7-1-2-8(9)5-7/h7-11H,1-6H2/t7-,8-,9+/m1/s1. The second-order valence-corrected chi connectivity index (χ2v) is 3.96. The monoisotopic (exact) mass is 155 g/mol. The summed E-state index contributed by atoms with van der Waals surface area (Å²) in [5.41, 5.74) is 0. The second-order valence-electron chi connectivity index (χ2n) is 3.96. The van der Waals surface area contributed by atoms with E-state index in [0.29, 0.717) is 0 Å². The van der Waals surface area contributed by atoms with Crippen molar-refractivity contribution in [3.8, 4) is 0 Å². The number of hydrogen-bond acceptors (Lipinski definition) is 2. The maximum absolute atomic E-state index is 8.63. The summed E-state index contributed by atoms with van der Waals surface area (Å²) in [5.74, 6) is 1.95. The van der Waals surface area contributed by atoms with Crippen molar-refractivity contribution < 1.29 is 5.11 Å². The number of rotatable bonds is 3. The largest absolute Gasteiger partial charge is 0.395 e. The van der Waals surface area contributed by atoms with E-state index < -0.39 is 0 Å². The molecule has 0 amide bonds. The van der Waals surface area contributed by atoms with Gasteiger partial charge in [-0.05, 0) is 31.1 Å². The fourth-order valence-corrected chi connectivity index (χ4v) is 2.74. The average Bonchev–Trinajstić information content (AvgIpc) is 2.60. The highest BCUT2D eigenvalue weighted by Gasteiger charge is 2.38. The Morgan fingerprint density at radius 1 is 1.27 bits per heavy atom. The Bertz CT molecular complexity index is 138. The van der Waals surface area contributed by atoms with Crippen molar-refractivity contribution in [2.45, 2.75) is 31.7 Å². The van der Waals surface area contributed by atoms with Crippen molar-refractivity contribution in [1.29, 1.82) is 0 Å². The first-order chi connectivity index (χ1) is 5.40. The molecule has 0 aliphatic heterocycles. The van der Waals surface area contributed by atoms with E-state index in [1.54, 1.807) is 0 Å². The first-order valence-corrected chi connectivity index (χ1v) is 4.74. The minimum Gasteiger partial charge on any atom is -0.395 e. The molecule has 2 aliphatic rings. The van der Waals surface area contributed by atoms with Gasteiger partial charge in [-0.1, -0.05) is 6.42 Å². The summed E-state index contributed by atoms with van der Waals surface area (Å²) in [6.07, 6.45) is 5.70. The third kappa shape index (κ3) is 1.42. The molecule has 2 saturated carbocycles. The summed E-state index contributed by atoms with van der Waals surface area (Å²) in [7, 11) is 0. The Kier molecular flexibility index (Phi) is 2.14. The van der Waals surface area contributed by atoms with Crippen LogP contribution in [0.5, 0.6) is 0 Å². The number of aliphatic hydroxyl groups is 1. The van der Waals surface area contributed by atoms with Crippen LogP contribution in [0, 0.1) is 11.8 Å². The maximum atomic E-state index is 8.63. The molecule has 0 radical (unpaired) electrons. The zero-order chi connectivity index (χ0) is 7.68. The van der Waals surface area contributed by atoms with Crippen molar-refractivity contribution in [2.24, 2.45) is 11.8 Å². The van der Waals surface area contributed by atoms with E-state index in [1.807, 2.05) is 0 Å². The molecule has 2 aliphatic carbocycles. The summed E-state index contributed by atoms with van der Waals surface area (Å²) >= 11 is 0. The highest BCUT2D eigenvalue weighted by atomic mass is 16.3. The first kappa shape index (κ1) is 7.56. The van der Waals surface area contributed by atoms with Gasteiger partial charge < -0.3 is 10.4 Å². The van der Waals surface area contributed by atoms with Crippen LogP contribution in [0.1, 0.15) is 25.7 Å². The fourth-order valence-electron chi connectivity index (χ4n) is 2.74. The smallest absolute Gasteiger partial charge is 0.0556 e. The van der Waals surface area contributed by atoms with Crippen molar-refractivity contribution in [2.75, 3.05) is 13.2 Å². The number of nitrogens with one attached hydrogen (secondary N) is 1. The van der Waals surface area contributed by atoms with Gasteiger partial charge in [0.05, 0.1) is 6.61 Å². The van der Waals surface area contributed by atoms with Crippen LogP contribution in [0.15, 0.2) is 0 Å². The third-order valence-electron chi connectivity index (χ3n) is 3.26. The number of aliphatic hydroxyl groups excluding tert-OH is 1. The van der Waals surface area contributed by atoms with Gasteiger partial charge in [0.1, 0.15) is 0 Å². The second kappa shape index (κ2) is 3.11. The molecule has 0 spiro atoms. The lowest BCUT2D eigenvalue weighted by Gasteiger charge is -2.22. The van der Waals surface area contributed by atoms with Gasteiger partial charge in [0, 0.05) is 12.6 Å². The van der Waals surface area contributed by atoms with Gasteiger partial charge in [-0.2, -0.15) is 0 Å². The Hall–Kier alpha value is -0.0800. The molecule has 2 fully saturated rings. The summed E-state index contributed by atoms with van der Waals surface area (Å²) in [4.78, 5) is 0. The highest BCUT2D eigenvalue weighted by molar-refractivity contribution is 4.93. The molecule has 11 heavy (non-hydrogen) atoms. The highest BCUT2D eigenvalue weighted by Crippen LogP contribution is 2.44. The Balaban J connectivity index is 1.78. The van der Waals surface area contributed by atoms with Crippen LogP contribution in [0.2, 0.25) is 0 Å². The van der Waals surface area contributed by atoms with Crippen molar-refractivity contribution in [1.82, 2.24) is 5.32 Å². The third-order valence-corrected chi connectivity index (χ3v) is 3.26. The number of fused-ring (bicyclic) bond motifs is 2. The molecule has 0 unspecified atom stereocenters. The van der Waals surface area contributed by atoms with Gasteiger partial charge in [-0.3, -0.25) is 0 Å². The van der Waals surface area contributed by atoms with Gasteiger partial charge in [0.25, 0.3) is 0 Å². The lowest BCUT2D eigenvalue weighted by molar-refractivity contribution is 0.266. The normalized spacial score (nSPS) is 41.7. The van der Waals surface area contributed by atoms with Crippen LogP contribution in [0.25, 0.3) is 0 Å². The van der Waals surface area contributed by atoms with Crippen LogP contribution >= 0.6 is 0 Å². The van der Waals surface area contributed by atoms with Crippen LogP contribution in [-0.4, -0.2) is 24.3 Å². The van der Waals surface area contributed by atoms with Gasteiger partial charge in [-0.15, -0.1) is 0 Å². The summed E-state index contributed by atoms with van der Waals surface area (Å²) in [5, 5.41) is 12.0. The van der Waals surface area contributed by atoms with E-state index in [2.05, 4.69) is 5.32 Å². The average molecular weight is 155 g/mol. The Morgan fingerprint density at radius 2 is 2.18 bits per heavy atom. The molecular formula is C9H17NO. The molecular weight excluding hydrogens is 138 g/mol. The first-order valence-electron chi connectivity index (χ1n) is 4.74. The van der Waals surface area contributed by atoms with Gasteiger partial charge in [0.2, 0.25) is 0 Å².